The first kappa shape index (κ1) is 11.7. The molecule has 2 rings (SSSR count). The molecule has 0 heterocycles. The fourth-order valence-corrected chi connectivity index (χ4v) is 2.84. The van der Waals surface area contributed by atoms with E-state index in [0.717, 1.165) is 30.6 Å². The van der Waals surface area contributed by atoms with Gasteiger partial charge in [0.1, 0.15) is 5.75 Å². The van der Waals surface area contributed by atoms with E-state index in [4.69, 9.17) is 16.3 Å². The number of benzene rings is 1. The zero-order chi connectivity index (χ0) is 11.6. The van der Waals surface area contributed by atoms with Gasteiger partial charge in [-0.05, 0) is 18.9 Å². The Hall–Kier alpha value is -0.730. The van der Waals surface area contributed by atoms with Gasteiger partial charge in [0, 0.05) is 16.9 Å². The van der Waals surface area contributed by atoms with Crippen molar-refractivity contribution in [1.82, 2.24) is 0 Å². The second-order valence-corrected chi connectivity index (χ2v) is 4.69. The monoisotopic (exact) mass is 240 g/mol. The van der Waals surface area contributed by atoms with Crippen LogP contribution in [0.25, 0.3) is 0 Å². The molecule has 0 saturated heterocycles. The van der Waals surface area contributed by atoms with Crippen LogP contribution in [-0.2, 0) is 5.41 Å². The van der Waals surface area contributed by atoms with E-state index >= 15 is 0 Å². The summed E-state index contributed by atoms with van der Waals surface area (Å²) in [5, 5.41) is 10.1. The minimum Gasteiger partial charge on any atom is -0.496 e. The van der Waals surface area contributed by atoms with Crippen LogP contribution < -0.4 is 4.74 Å². The average molecular weight is 241 g/mol. The fourth-order valence-electron chi connectivity index (χ4n) is 2.54. The summed E-state index contributed by atoms with van der Waals surface area (Å²) in [6.07, 6.45) is 2.63. The van der Waals surface area contributed by atoms with Crippen molar-refractivity contribution < 1.29 is 9.84 Å². The molecule has 1 unspecified atom stereocenters. The van der Waals surface area contributed by atoms with Gasteiger partial charge in [0.15, 0.2) is 0 Å². The summed E-state index contributed by atoms with van der Waals surface area (Å²) in [5.74, 6) is 1.13. The van der Waals surface area contributed by atoms with Crippen molar-refractivity contribution in [2.45, 2.75) is 30.8 Å². The van der Waals surface area contributed by atoms with E-state index in [1.165, 1.54) is 0 Å². The second kappa shape index (κ2) is 4.64. The molecule has 0 spiro atoms. The van der Waals surface area contributed by atoms with Crippen LogP contribution in [0.2, 0.25) is 0 Å². The first-order valence-electron chi connectivity index (χ1n) is 5.62. The van der Waals surface area contributed by atoms with Crippen LogP contribution in [-0.4, -0.2) is 24.2 Å². The summed E-state index contributed by atoms with van der Waals surface area (Å²) in [6, 6.07) is 7.91. The van der Waals surface area contributed by atoms with Gasteiger partial charge in [-0.15, -0.1) is 11.6 Å². The topological polar surface area (TPSA) is 29.5 Å². The van der Waals surface area contributed by atoms with Crippen molar-refractivity contribution >= 4 is 11.6 Å². The van der Waals surface area contributed by atoms with E-state index in [9.17, 15) is 5.11 Å². The molecule has 1 saturated carbocycles. The first-order chi connectivity index (χ1) is 7.74. The molecule has 1 atom stereocenters. The number of alkyl halides is 1. The molecule has 0 aromatic heterocycles. The van der Waals surface area contributed by atoms with E-state index < -0.39 is 6.10 Å². The van der Waals surface area contributed by atoms with Crippen molar-refractivity contribution in [3.05, 3.63) is 29.8 Å². The summed E-state index contributed by atoms with van der Waals surface area (Å²) < 4.78 is 5.37. The fraction of sp³-hybridized carbons (Fsp3) is 0.538. The summed E-state index contributed by atoms with van der Waals surface area (Å²) >= 11 is 5.80. The number of rotatable bonds is 4. The minimum absolute atomic E-state index is 0.186. The van der Waals surface area contributed by atoms with E-state index in [0.29, 0.717) is 0 Å². The Morgan fingerprint density at radius 2 is 2.12 bits per heavy atom. The third kappa shape index (κ3) is 1.70. The highest BCUT2D eigenvalue weighted by Gasteiger charge is 2.46. The predicted molar refractivity (Wildman–Crippen MR) is 65.2 cm³/mol. The van der Waals surface area contributed by atoms with Crippen LogP contribution in [0, 0.1) is 0 Å². The predicted octanol–water partition coefficient (Wildman–Crippen LogP) is 2.72. The Bertz CT molecular complexity index is 361. The van der Waals surface area contributed by atoms with Gasteiger partial charge in [-0.2, -0.15) is 0 Å². The van der Waals surface area contributed by atoms with Gasteiger partial charge in [0.05, 0.1) is 13.2 Å². The third-order valence-corrected chi connectivity index (χ3v) is 3.97. The minimum atomic E-state index is -0.487. The average Bonchev–Trinajstić information content (AvgIpc) is 2.28. The summed E-state index contributed by atoms with van der Waals surface area (Å²) in [6.45, 7) is 0. The van der Waals surface area contributed by atoms with E-state index in [1.54, 1.807) is 7.11 Å². The Balaban J connectivity index is 2.40. The van der Waals surface area contributed by atoms with Crippen LogP contribution in [0.15, 0.2) is 24.3 Å². The van der Waals surface area contributed by atoms with Gasteiger partial charge in [-0.3, -0.25) is 0 Å². The van der Waals surface area contributed by atoms with Gasteiger partial charge >= 0.3 is 0 Å². The molecule has 1 aromatic rings. The lowest BCUT2D eigenvalue weighted by Gasteiger charge is -2.46. The molecule has 1 fully saturated rings. The van der Waals surface area contributed by atoms with Crippen molar-refractivity contribution in [2.75, 3.05) is 13.0 Å². The maximum absolute atomic E-state index is 10.1. The number of hydrogen-bond acceptors (Lipinski definition) is 2. The van der Waals surface area contributed by atoms with Gasteiger partial charge < -0.3 is 9.84 Å². The maximum Gasteiger partial charge on any atom is 0.122 e. The maximum atomic E-state index is 10.1. The van der Waals surface area contributed by atoms with Gasteiger partial charge in [0.2, 0.25) is 0 Å². The van der Waals surface area contributed by atoms with Crippen molar-refractivity contribution in [3.8, 4) is 5.75 Å². The zero-order valence-corrected chi connectivity index (χ0v) is 10.2. The summed E-state index contributed by atoms with van der Waals surface area (Å²) in [7, 11) is 1.66. The Kier molecular flexibility index (Phi) is 3.41. The zero-order valence-electron chi connectivity index (χ0n) is 9.45. The smallest absolute Gasteiger partial charge is 0.122 e. The van der Waals surface area contributed by atoms with E-state index in [1.807, 2.05) is 24.3 Å². The van der Waals surface area contributed by atoms with Crippen LogP contribution in [0.5, 0.6) is 5.75 Å². The molecule has 0 aliphatic heterocycles. The molecule has 1 aliphatic carbocycles. The van der Waals surface area contributed by atoms with Gasteiger partial charge in [0.25, 0.3) is 0 Å². The molecule has 1 aliphatic rings. The number of aliphatic hydroxyl groups is 1. The molecular formula is C13H17ClO2. The van der Waals surface area contributed by atoms with E-state index in [-0.39, 0.29) is 11.3 Å². The highest BCUT2D eigenvalue weighted by Crippen LogP contribution is 2.49. The Morgan fingerprint density at radius 3 is 2.62 bits per heavy atom. The number of ether oxygens (including phenoxy) is 1. The quantitative estimate of drug-likeness (QED) is 0.820. The largest absolute Gasteiger partial charge is 0.496 e. The SMILES string of the molecule is COc1ccccc1C1(C(O)CCl)CCC1. The van der Waals surface area contributed by atoms with E-state index in [2.05, 4.69) is 0 Å². The molecule has 0 amide bonds. The van der Waals surface area contributed by atoms with Crippen molar-refractivity contribution in [3.63, 3.8) is 0 Å². The molecule has 1 aromatic carbocycles. The lowest BCUT2D eigenvalue weighted by molar-refractivity contribution is 0.0428. The molecule has 16 heavy (non-hydrogen) atoms. The molecule has 1 N–H and O–H groups in total. The van der Waals surface area contributed by atoms with Crippen molar-refractivity contribution in [1.29, 1.82) is 0 Å². The Labute approximate surface area is 101 Å². The highest BCUT2D eigenvalue weighted by molar-refractivity contribution is 6.18. The first-order valence-corrected chi connectivity index (χ1v) is 6.15. The molecule has 3 heteroatoms. The van der Waals surface area contributed by atoms with Crippen LogP contribution in [0.3, 0.4) is 0 Å². The van der Waals surface area contributed by atoms with Gasteiger partial charge in [-0.1, -0.05) is 24.6 Å². The number of halogens is 1. The summed E-state index contributed by atoms with van der Waals surface area (Å²) in [4.78, 5) is 0. The number of para-hydroxylation sites is 1. The van der Waals surface area contributed by atoms with Crippen molar-refractivity contribution in [2.24, 2.45) is 0 Å². The number of aliphatic hydroxyl groups excluding tert-OH is 1. The molecule has 88 valence electrons. The molecule has 0 radical (unpaired) electrons. The molecule has 0 bridgehead atoms. The third-order valence-electron chi connectivity index (χ3n) is 3.67. The van der Waals surface area contributed by atoms with Crippen LogP contribution in [0.4, 0.5) is 0 Å². The normalized spacial score (nSPS) is 19.9. The van der Waals surface area contributed by atoms with Gasteiger partial charge in [-0.25, -0.2) is 0 Å². The highest BCUT2D eigenvalue weighted by atomic mass is 35.5. The van der Waals surface area contributed by atoms with Crippen LogP contribution >= 0.6 is 11.6 Å². The lowest BCUT2D eigenvalue weighted by atomic mass is 9.61. The molecule has 2 nitrogen and oxygen atoms in total. The summed E-state index contributed by atoms with van der Waals surface area (Å²) in [5.41, 5.74) is 0.908. The lowest BCUT2D eigenvalue weighted by Crippen LogP contribution is -2.46. The Morgan fingerprint density at radius 1 is 1.44 bits per heavy atom. The molecular weight excluding hydrogens is 224 g/mol. The second-order valence-electron chi connectivity index (χ2n) is 4.38. The number of methoxy groups -OCH3 is 1. The number of hydrogen-bond donors (Lipinski definition) is 1. The van der Waals surface area contributed by atoms with Crippen LogP contribution in [0.1, 0.15) is 24.8 Å². The standard InChI is InChI=1S/C13H17ClO2/c1-16-11-6-3-2-5-10(11)13(7-4-8-13)12(15)9-14/h2-3,5-6,12,15H,4,7-9H2,1H3.